The van der Waals surface area contributed by atoms with E-state index in [1.807, 2.05) is 0 Å². The maximum atomic E-state index is 13.9. The monoisotopic (exact) mass is 309 g/mol. The normalized spacial score (nSPS) is 17.0. The molecule has 0 aliphatic carbocycles. The highest BCUT2D eigenvalue weighted by molar-refractivity contribution is 5.86. The summed E-state index contributed by atoms with van der Waals surface area (Å²) in [7, 11) is 0. The van der Waals surface area contributed by atoms with Crippen LogP contribution in [-0.2, 0) is 14.3 Å². The van der Waals surface area contributed by atoms with Crippen LogP contribution in [0.3, 0.4) is 0 Å². The van der Waals surface area contributed by atoms with Crippen molar-refractivity contribution >= 4 is 11.9 Å². The molecule has 1 aromatic rings. The highest BCUT2D eigenvalue weighted by Crippen LogP contribution is 2.24. The first kappa shape index (κ1) is 16.4. The fourth-order valence-corrected chi connectivity index (χ4v) is 2.74. The molecule has 2 rings (SSSR count). The Kier molecular flexibility index (Phi) is 5.49. The summed E-state index contributed by atoms with van der Waals surface area (Å²) in [5.41, 5.74) is 0.287. The summed E-state index contributed by atoms with van der Waals surface area (Å²) in [4.78, 5) is 25.1. The van der Waals surface area contributed by atoms with Crippen molar-refractivity contribution in [3.8, 4) is 0 Å². The molecule has 22 heavy (non-hydrogen) atoms. The Hall–Kier alpha value is -1.95. The first-order valence-electron chi connectivity index (χ1n) is 7.35. The number of carboxylic acid groups (broad SMARTS) is 1. The quantitative estimate of drug-likeness (QED) is 0.903. The van der Waals surface area contributed by atoms with Crippen LogP contribution in [0.1, 0.15) is 31.2 Å². The average molecular weight is 309 g/mol. The average Bonchev–Trinajstić information content (AvgIpc) is 2.52. The molecule has 120 valence electrons. The molecule has 1 N–H and O–H groups in total. The Morgan fingerprint density at radius 2 is 2.00 bits per heavy atom. The van der Waals surface area contributed by atoms with Gasteiger partial charge in [0, 0.05) is 19.3 Å². The third kappa shape index (κ3) is 3.82. The van der Waals surface area contributed by atoms with Crippen LogP contribution in [0.2, 0.25) is 0 Å². The Morgan fingerprint density at radius 3 is 2.59 bits per heavy atom. The number of carbonyl (C=O) groups excluding carboxylic acids is 1. The molecule has 5 nitrogen and oxygen atoms in total. The number of carboxylic acids is 1. The van der Waals surface area contributed by atoms with E-state index in [1.54, 1.807) is 25.1 Å². The molecule has 1 heterocycles. The van der Waals surface area contributed by atoms with Gasteiger partial charge in [-0.3, -0.25) is 9.59 Å². The van der Waals surface area contributed by atoms with Gasteiger partial charge in [-0.1, -0.05) is 18.2 Å². The number of halogens is 1. The summed E-state index contributed by atoms with van der Waals surface area (Å²) in [6.07, 6.45) is 1.20. The topological polar surface area (TPSA) is 66.8 Å². The molecule has 1 amide bonds. The smallest absolute Gasteiger partial charge is 0.323 e. The van der Waals surface area contributed by atoms with Gasteiger partial charge in [0.25, 0.3) is 0 Å². The maximum Gasteiger partial charge on any atom is 0.323 e. The minimum absolute atomic E-state index is 0.174. The van der Waals surface area contributed by atoms with Gasteiger partial charge in [-0.2, -0.15) is 0 Å². The molecule has 0 saturated carbocycles. The van der Waals surface area contributed by atoms with E-state index in [0.29, 0.717) is 26.1 Å². The second kappa shape index (κ2) is 7.35. The number of nitrogens with zero attached hydrogens (tertiary/aromatic N) is 1. The lowest BCUT2D eigenvalue weighted by Crippen LogP contribution is -2.47. The van der Waals surface area contributed by atoms with Crippen LogP contribution < -0.4 is 0 Å². The van der Waals surface area contributed by atoms with E-state index in [4.69, 9.17) is 9.84 Å². The fraction of sp³-hybridized carbons (Fsp3) is 0.500. The predicted molar refractivity (Wildman–Crippen MR) is 78.0 cm³/mol. The molecule has 1 fully saturated rings. The van der Waals surface area contributed by atoms with Crippen molar-refractivity contribution in [2.45, 2.75) is 31.7 Å². The molecule has 6 heteroatoms. The van der Waals surface area contributed by atoms with Crippen LogP contribution in [0.5, 0.6) is 0 Å². The first-order chi connectivity index (χ1) is 10.5. The lowest BCUT2D eigenvalue weighted by atomic mass is 9.97. The number of hydrogen-bond donors (Lipinski definition) is 1. The summed E-state index contributed by atoms with van der Waals surface area (Å²) in [6, 6.07) is 5.91. The van der Waals surface area contributed by atoms with Gasteiger partial charge in [-0.25, -0.2) is 4.39 Å². The fourth-order valence-electron chi connectivity index (χ4n) is 2.74. The first-order valence-corrected chi connectivity index (χ1v) is 7.35. The third-order valence-corrected chi connectivity index (χ3v) is 3.96. The zero-order valence-corrected chi connectivity index (χ0v) is 12.5. The minimum atomic E-state index is -1.07. The number of ether oxygens (including phenoxy) is 1. The highest BCUT2D eigenvalue weighted by atomic mass is 19.1. The van der Waals surface area contributed by atoms with Gasteiger partial charge in [-0.05, 0) is 31.4 Å². The zero-order chi connectivity index (χ0) is 16.1. The molecule has 1 aliphatic rings. The van der Waals surface area contributed by atoms with Crippen molar-refractivity contribution < 1.29 is 23.8 Å². The number of hydrogen-bond acceptors (Lipinski definition) is 3. The summed E-state index contributed by atoms with van der Waals surface area (Å²) in [5.74, 6) is -2.60. The summed E-state index contributed by atoms with van der Waals surface area (Å²) < 4.78 is 19.1. The van der Waals surface area contributed by atoms with E-state index < -0.39 is 17.7 Å². The molecule has 0 radical (unpaired) electrons. The van der Waals surface area contributed by atoms with Crippen LogP contribution in [-0.4, -0.2) is 47.7 Å². The lowest BCUT2D eigenvalue weighted by molar-refractivity contribution is -0.148. The molecule has 1 atom stereocenters. The van der Waals surface area contributed by atoms with Gasteiger partial charge >= 0.3 is 5.97 Å². The molecule has 1 unspecified atom stereocenters. The summed E-state index contributed by atoms with van der Waals surface area (Å²) in [5, 5.41) is 9.07. The van der Waals surface area contributed by atoms with E-state index >= 15 is 0 Å². The molecule has 1 aliphatic heterocycles. The van der Waals surface area contributed by atoms with Crippen LogP contribution in [0.15, 0.2) is 24.3 Å². The Morgan fingerprint density at radius 1 is 1.36 bits per heavy atom. The molecule has 0 spiro atoms. The Bertz CT molecular complexity index is 543. The van der Waals surface area contributed by atoms with E-state index in [2.05, 4.69) is 0 Å². The number of amides is 1. The summed E-state index contributed by atoms with van der Waals surface area (Å²) in [6.45, 7) is 2.24. The highest BCUT2D eigenvalue weighted by Gasteiger charge is 2.31. The number of aliphatic carboxylic acids is 1. The van der Waals surface area contributed by atoms with E-state index in [-0.39, 0.29) is 24.1 Å². The maximum absolute atomic E-state index is 13.9. The Labute approximate surface area is 128 Å². The van der Waals surface area contributed by atoms with Crippen molar-refractivity contribution in [1.82, 2.24) is 4.90 Å². The second-order valence-corrected chi connectivity index (χ2v) is 5.45. The van der Waals surface area contributed by atoms with E-state index in [1.165, 1.54) is 11.0 Å². The third-order valence-electron chi connectivity index (χ3n) is 3.96. The Balaban J connectivity index is 2.20. The van der Waals surface area contributed by atoms with Crippen molar-refractivity contribution in [3.63, 3.8) is 0 Å². The number of carbonyl (C=O) groups is 2. The minimum Gasteiger partial charge on any atom is -0.480 e. The lowest BCUT2D eigenvalue weighted by Gasteiger charge is -2.35. The largest absolute Gasteiger partial charge is 0.480 e. The van der Waals surface area contributed by atoms with Crippen molar-refractivity contribution in [2.24, 2.45) is 0 Å². The van der Waals surface area contributed by atoms with Gasteiger partial charge in [0.1, 0.15) is 12.4 Å². The van der Waals surface area contributed by atoms with Crippen LogP contribution in [0.25, 0.3) is 0 Å². The van der Waals surface area contributed by atoms with Gasteiger partial charge in [0.05, 0.1) is 5.92 Å². The van der Waals surface area contributed by atoms with Crippen LogP contribution in [0.4, 0.5) is 4.39 Å². The number of rotatable bonds is 5. The molecule has 0 bridgehead atoms. The standard InChI is InChI=1S/C16H20FNO4/c1-11(13-4-2-3-5-14(13)17)16(21)18(10-15(19)20)12-6-8-22-9-7-12/h2-5,11-12H,6-10H2,1H3,(H,19,20). The predicted octanol–water partition coefficient (Wildman–Crippen LogP) is 2.02. The molecule has 1 aromatic carbocycles. The second-order valence-electron chi connectivity index (χ2n) is 5.45. The van der Waals surface area contributed by atoms with Crippen LogP contribution >= 0.6 is 0 Å². The van der Waals surface area contributed by atoms with Crippen molar-refractivity contribution in [2.75, 3.05) is 19.8 Å². The molecular formula is C16H20FNO4. The van der Waals surface area contributed by atoms with Crippen molar-refractivity contribution in [1.29, 1.82) is 0 Å². The van der Waals surface area contributed by atoms with Gasteiger partial charge in [0.2, 0.25) is 5.91 Å². The van der Waals surface area contributed by atoms with Gasteiger partial charge in [-0.15, -0.1) is 0 Å². The molecule has 0 aromatic heterocycles. The SMILES string of the molecule is CC(C(=O)N(CC(=O)O)C1CCOCC1)c1ccccc1F. The van der Waals surface area contributed by atoms with Crippen molar-refractivity contribution in [3.05, 3.63) is 35.6 Å². The zero-order valence-electron chi connectivity index (χ0n) is 12.5. The van der Waals surface area contributed by atoms with E-state index in [9.17, 15) is 14.0 Å². The van der Waals surface area contributed by atoms with Crippen LogP contribution in [0, 0.1) is 5.82 Å². The van der Waals surface area contributed by atoms with Gasteiger partial charge < -0.3 is 14.7 Å². The van der Waals surface area contributed by atoms with Gasteiger partial charge in [0.15, 0.2) is 0 Å². The van der Waals surface area contributed by atoms with E-state index in [0.717, 1.165) is 0 Å². The number of benzene rings is 1. The molecular weight excluding hydrogens is 289 g/mol. The molecule has 1 saturated heterocycles. The summed E-state index contributed by atoms with van der Waals surface area (Å²) >= 11 is 0.